The molecule has 0 fully saturated rings. The average Bonchev–Trinajstić information content (AvgIpc) is 2.38. The number of hydrogen-bond acceptors (Lipinski definition) is 2. The molecule has 1 rings (SSSR count). The Morgan fingerprint density at radius 3 is 2.44 bits per heavy atom. The van der Waals surface area contributed by atoms with Crippen LogP contribution < -0.4 is 5.32 Å². The summed E-state index contributed by atoms with van der Waals surface area (Å²) < 4.78 is 0. The van der Waals surface area contributed by atoms with Crippen LogP contribution in [-0.4, -0.2) is 37.6 Å². The van der Waals surface area contributed by atoms with Crippen LogP contribution in [0.15, 0.2) is 30.3 Å². The van der Waals surface area contributed by atoms with Crippen LogP contribution in [0.25, 0.3) is 0 Å². The maximum atomic E-state index is 3.52. The van der Waals surface area contributed by atoms with E-state index in [1.165, 1.54) is 24.8 Å². The number of benzene rings is 1. The second-order valence-corrected chi connectivity index (χ2v) is 5.27. The smallest absolute Gasteiger partial charge is 0.0106 e. The fourth-order valence-corrected chi connectivity index (χ4v) is 1.86. The highest BCUT2D eigenvalue weighted by Crippen LogP contribution is 2.03. The van der Waals surface area contributed by atoms with Crippen LogP contribution >= 0.6 is 0 Å². The van der Waals surface area contributed by atoms with E-state index in [4.69, 9.17) is 0 Å². The Morgan fingerprint density at radius 1 is 1.06 bits per heavy atom. The highest BCUT2D eigenvalue weighted by molar-refractivity contribution is 5.14. The molecule has 0 saturated heterocycles. The van der Waals surface area contributed by atoms with Crippen LogP contribution in [0.4, 0.5) is 0 Å². The molecule has 1 aromatic carbocycles. The predicted molar refractivity (Wildman–Crippen MR) is 80.0 cm³/mol. The van der Waals surface area contributed by atoms with Gasteiger partial charge in [-0.15, -0.1) is 0 Å². The first kappa shape index (κ1) is 15.2. The fourth-order valence-electron chi connectivity index (χ4n) is 1.86. The van der Waals surface area contributed by atoms with Gasteiger partial charge in [0.05, 0.1) is 0 Å². The number of nitrogens with one attached hydrogen (secondary N) is 1. The van der Waals surface area contributed by atoms with E-state index in [0.29, 0.717) is 6.04 Å². The van der Waals surface area contributed by atoms with Gasteiger partial charge >= 0.3 is 0 Å². The Bertz CT molecular complexity index is 295. The van der Waals surface area contributed by atoms with Crippen molar-refractivity contribution in [3.05, 3.63) is 35.9 Å². The maximum absolute atomic E-state index is 3.52. The first-order chi connectivity index (χ1) is 8.70. The van der Waals surface area contributed by atoms with Crippen molar-refractivity contribution in [3.8, 4) is 0 Å². The van der Waals surface area contributed by atoms with Gasteiger partial charge in [0.25, 0.3) is 0 Å². The second-order valence-electron chi connectivity index (χ2n) is 5.27. The van der Waals surface area contributed by atoms with Crippen LogP contribution in [-0.2, 0) is 6.42 Å². The summed E-state index contributed by atoms with van der Waals surface area (Å²) in [5, 5.41) is 3.52. The standard InChI is InChI=1S/C16H28N2/c1-15(2)18(3)14-13-17-12-8-7-11-16-9-5-4-6-10-16/h4-6,9-10,15,17H,7-8,11-14H2,1-3H3. The van der Waals surface area contributed by atoms with Gasteiger partial charge in [0.15, 0.2) is 0 Å². The Labute approximate surface area is 112 Å². The Kier molecular flexibility index (Phi) is 7.70. The SMILES string of the molecule is CC(C)N(C)CCNCCCCc1ccccc1. The third-order valence-electron chi connectivity index (χ3n) is 3.43. The zero-order valence-electron chi connectivity index (χ0n) is 12.2. The minimum absolute atomic E-state index is 0.643. The third kappa shape index (κ3) is 6.77. The van der Waals surface area contributed by atoms with Crippen molar-refractivity contribution in [2.75, 3.05) is 26.7 Å². The molecule has 1 aromatic rings. The molecule has 0 aliphatic heterocycles. The van der Waals surface area contributed by atoms with Gasteiger partial charge in [0.2, 0.25) is 0 Å². The van der Waals surface area contributed by atoms with Crippen LogP contribution in [0.3, 0.4) is 0 Å². The molecule has 0 unspecified atom stereocenters. The summed E-state index contributed by atoms with van der Waals surface area (Å²) in [7, 11) is 2.18. The van der Waals surface area contributed by atoms with Gasteiger partial charge in [0.1, 0.15) is 0 Å². The number of hydrogen-bond donors (Lipinski definition) is 1. The second kappa shape index (κ2) is 9.12. The highest BCUT2D eigenvalue weighted by atomic mass is 15.1. The first-order valence-electron chi connectivity index (χ1n) is 7.15. The van der Waals surface area contributed by atoms with Crippen molar-refractivity contribution in [3.63, 3.8) is 0 Å². The minimum atomic E-state index is 0.643. The highest BCUT2D eigenvalue weighted by Gasteiger charge is 2.01. The molecule has 0 saturated carbocycles. The molecular formula is C16H28N2. The van der Waals surface area contributed by atoms with Gasteiger partial charge in [-0.2, -0.15) is 0 Å². The van der Waals surface area contributed by atoms with Crippen molar-refractivity contribution in [2.45, 2.75) is 39.2 Å². The molecule has 2 nitrogen and oxygen atoms in total. The zero-order valence-corrected chi connectivity index (χ0v) is 12.2. The summed E-state index contributed by atoms with van der Waals surface area (Å²) in [6.07, 6.45) is 3.74. The summed E-state index contributed by atoms with van der Waals surface area (Å²) in [6.45, 7) is 7.84. The van der Waals surface area contributed by atoms with Gasteiger partial charge in [-0.25, -0.2) is 0 Å². The summed E-state index contributed by atoms with van der Waals surface area (Å²) in [5.74, 6) is 0. The van der Waals surface area contributed by atoms with Crippen molar-refractivity contribution in [1.29, 1.82) is 0 Å². The molecule has 0 bridgehead atoms. The van der Waals surface area contributed by atoms with Gasteiger partial charge < -0.3 is 10.2 Å². The van der Waals surface area contributed by atoms with Crippen LogP contribution in [0.2, 0.25) is 0 Å². The Hall–Kier alpha value is -0.860. The average molecular weight is 248 g/mol. The van der Waals surface area contributed by atoms with Gasteiger partial charge in [-0.05, 0) is 52.3 Å². The Morgan fingerprint density at radius 2 is 1.78 bits per heavy atom. The summed E-state index contributed by atoms with van der Waals surface area (Å²) in [5.41, 5.74) is 1.46. The maximum Gasteiger partial charge on any atom is 0.0106 e. The summed E-state index contributed by atoms with van der Waals surface area (Å²) in [4.78, 5) is 2.37. The fraction of sp³-hybridized carbons (Fsp3) is 0.625. The van der Waals surface area contributed by atoms with Crippen molar-refractivity contribution in [1.82, 2.24) is 10.2 Å². The molecule has 0 spiro atoms. The van der Waals surface area contributed by atoms with Gasteiger partial charge in [-0.1, -0.05) is 30.3 Å². The molecule has 18 heavy (non-hydrogen) atoms. The van der Waals surface area contributed by atoms with Crippen molar-refractivity contribution < 1.29 is 0 Å². The molecule has 0 heterocycles. The molecule has 0 amide bonds. The zero-order chi connectivity index (χ0) is 13.2. The molecule has 0 radical (unpaired) electrons. The molecule has 0 aliphatic carbocycles. The molecule has 0 aromatic heterocycles. The van der Waals surface area contributed by atoms with E-state index in [-0.39, 0.29) is 0 Å². The van der Waals surface area contributed by atoms with Gasteiger partial charge in [-0.3, -0.25) is 0 Å². The van der Waals surface area contributed by atoms with E-state index in [0.717, 1.165) is 19.6 Å². The van der Waals surface area contributed by atoms with E-state index in [2.05, 4.69) is 61.4 Å². The summed E-state index contributed by atoms with van der Waals surface area (Å²) >= 11 is 0. The lowest BCUT2D eigenvalue weighted by Gasteiger charge is -2.20. The quantitative estimate of drug-likeness (QED) is 0.676. The van der Waals surface area contributed by atoms with Crippen molar-refractivity contribution in [2.24, 2.45) is 0 Å². The molecule has 0 atom stereocenters. The van der Waals surface area contributed by atoms with E-state index in [1.807, 2.05) is 0 Å². The van der Waals surface area contributed by atoms with Crippen LogP contribution in [0, 0.1) is 0 Å². The number of nitrogens with zero attached hydrogens (tertiary/aromatic N) is 1. The van der Waals surface area contributed by atoms with E-state index >= 15 is 0 Å². The van der Waals surface area contributed by atoms with E-state index in [9.17, 15) is 0 Å². The lowest BCUT2D eigenvalue weighted by atomic mass is 10.1. The number of rotatable bonds is 9. The third-order valence-corrected chi connectivity index (χ3v) is 3.43. The minimum Gasteiger partial charge on any atom is -0.315 e. The molecule has 102 valence electrons. The van der Waals surface area contributed by atoms with Gasteiger partial charge in [0, 0.05) is 19.1 Å². The first-order valence-corrected chi connectivity index (χ1v) is 7.15. The number of likely N-dealkylation sites (N-methyl/N-ethyl adjacent to an activating group) is 1. The summed E-state index contributed by atoms with van der Waals surface area (Å²) in [6, 6.07) is 11.4. The van der Waals surface area contributed by atoms with Crippen molar-refractivity contribution >= 4 is 0 Å². The molecule has 2 heteroatoms. The van der Waals surface area contributed by atoms with E-state index in [1.54, 1.807) is 0 Å². The molecule has 0 aliphatic rings. The normalized spacial score (nSPS) is 11.4. The van der Waals surface area contributed by atoms with Crippen LogP contribution in [0.1, 0.15) is 32.3 Å². The monoisotopic (exact) mass is 248 g/mol. The predicted octanol–water partition coefficient (Wildman–Crippen LogP) is 2.94. The van der Waals surface area contributed by atoms with E-state index < -0.39 is 0 Å². The molecule has 1 N–H and O–H groups in total. The number of aryl methyl sites for hydroxylation is 1. The molecular weight excluding hydrogens is 220 g/mol. The topological polar surface area (TPSA) is 15.3 Å². The lowest BCUT2D eigenvalue weighted by molar-refractivity contribution is 0.273. The lowest BCUT2D eigenvalue weighted by Crippen LogP contribution is -2.34. The Balaban J connectivity index is 1.93. The largest absolute Gasteiger partial charge is 0.315 e. The number of unbranched alkanes of at least 4 members (excludes halogenated alkanes) is 1. The van der Waals surface area contributed by atoms with Crippen LogP contribution in [0.5, 0.6) is 0 Å².